The van der Waals surface area contributed by atoms with Gasteiger partial charge in [0, 0.05) is 7.11 Å². The fourth-order valence-corrected chi connectivity index (χ4v) is 1.82. The SMILES string of the molecule is C=C(C)C(=O)[Si](C)(C)OC. The van der Waals surface area contributed by atoms with Crippen LogP contribution in [0.3, 0.4) is 0 Å². The highest BCUT2D eigenvalue weighted by Gasteiger charge is 2.30. The largest absolute Gasteiger partial charge is 0.412 e. The summed E-state index contributed by atoms with van der Waals surface area (Å²) in [4.78, 5) is 11.2. The van der Waals surface area contributed by atoms with Crippen LogP contribution in [0.25, 0.3) is 0 Å². The Balaban J connectivity index is 4.33. The molecule has 0 amide bonds. The monoisotopic (exact) mass is 158 g/mol. The van der Waals surface area contributed by atoms with Crippen molar-refractivity contribution in [3.63, 3.8) is 0 Å². The van der Waals surface area contributed by atoms with Crippen LogP contribution in [0, 0.1) is 0 Å². The lowest BCUT2D eigenvalue weighted by atomic mass is 10.4. The van der Waals surface area contributed by atoms with Crippen LogP contribution in [0.1, 0.15) is 6.92 Å². The van der Waals surface area contributed by atoms with Crippen LogP contribution in [0.15, 0.2) is 12.2 Å². The summed E-state index contributed by atoms with van der Waals surface area (Å²) in [5.74, 6) is 0. The minimum atomic E-state index is -2.08. The lowest BCUT2D eigenvalue weighted by Crippen LogP contribution is -2.40. The Morgan fingerprint density at radius 2 is 1.90 bits per heavy atom. The summed E-state index contributed by atoms with van der Waals surface area (Å²) in [6.45, 7) is 9.02. The number of hydrogen-bond donors (Lipinski definition) is 0. The number of rotatable bonds is 3. The highest BCUT2D eigenvalue weighted by molar-refractivity contribution is 7.01. The van der Waals surface area contributed by atoms with Crippen molar-refractivity contribution in [2.75, 3.05) is 7.11 Å². The Morgan fingerprint density at radius 1 is 1.50 bits per heavy atom. The van der Waals surface area contributed by atoms with Gasteiger partial charge in [0.25, 0.3) is 8.32 Å². The quantitative estimate of drug-likeness (QED) is 0.460. The maximum Gasteiger partial charge on any atom is 0.263 e. The first-order valence-electron chi connectivity index (χ1n) is 3.17. The third-order valence-electron chi connectivity index (χ3n) is 1.44. The van der Waals surface area contributed by atoms with E-state index in [1.54, 1.807) is 14.0 Å². The van der Waals surface area contributed by atoms with E-state index in [1.807, 2.05) is 13.1 Å². The first-order valence-corrected chi connectivity index (χ1v) is 6.08. The molecule has 0 aliphatic heterocycles. The molecular formula is C7H14O2Si. The van der Waals surface area contributed by atoms with E-state index in [1.165, 1.54) is 0 Å². The fraction of sp³-hybridized carbons (Fsp3) is 0.571. The van der Waals surface area contributed by atoms with Gasteiger partial charge >= 0.3 is 0 Å². The highest BCUT2D eigenvalue weighted by Crippen LogP contribution is 2.08. The first-order chi connectivity index (χ1) is 4.41. The van der Waals surface area contributed by atoms with E-state index in [0.717, 1.165) is 0 Å². The second-order valence-electron chi connectivity index (χ2n) is 2.82. The maximum atomic E-state index is 11.2. The van der Waals surface area contributed by atoms with Crippen LogP contribution in [0.4, 0.5) is 0 Å². The molecule has 0 saturated heterocycles. The van der Waals surface area contributed by atoms with Crippen molar-refractivity contribution in [3.8, 4) is 0 Å². The molecule has 58 valence electrons. The van der Waals surface area contributed by atoms with Gasteiger partial charge in [0.2, 0.25) is 0 Å². The standard InChI is InChI=1S/C7H14O2Si/c1-6(2)7(8)10(4,5)9-3/h1H2,2-5H3. The topological polar surface area (TPSA) is 26.3 Å². The van der Waals surface area contributed by atoms with E-state index >= 15 is 0 Å². The molecule has 0 aromatic heterocycles. The van der Waals surface area contributed by atoms with Gasteiger partial charge in [0.1, 0.15) is 0 Å². The summed E-state index contributed by atoms with van der Waals surface area (Å²) in [6, 6.07) is 0. The molecule has 0 fully saturated rings. The third-order valence-corrected chi connectivity index (χ3v) is 3.99. The summed E-state index contributed by atoms with van der Waals surface area (Å²) in [6.07, 6.45) is 0. The van der Waals surface area contributed by atoms with Gasteiger partial charge < -0.3 is 4.43 Å². The first kappa shape index (κ1) is 9.59. The zero-order valence-corrected chi connectivity index (χ0v) is 8.02. The molecular weight excluding hydrogens is 144 g/mol. The van der Waals surface area contributed by atoms with Crippen LogP contribution in [-0.4, -0.2) is 20.8 Å². The van der Waals surface area contributed by atoms with Crippen molar-refractivity contribution in [2.45, 2.75) is 20.0 Å². The molecule has 2 nitrogen and oxygen atoms in total. The molecule has 0 rings (SSSR count). The molecule has 0 atom stereocenters. The van der Waals surface area contributed by atoms with Gasteiger partial charge in [-0.3, -0.25) is 4.79 Å². The zero-order chi connectivity index (χ0) is 8.36. The van der Waals surface area contributed by atoms with Crippen molar-refractivity contribution in [1.29, 1.82) is 0 Å². The molecule has 0 bridgehead atoms. The van der Waals surface area contributed by atoms with Gasteiger partial charge in [-0.25, -0.2) is 0 Å². The third kappa shape index (κ3) is 2.08. The fourth-order valence-electron chi connectivity index (χ4n) is 0.607. The second-order valence-corrected chi connectivity index (χ2v) is 6.71. The van der Waals surface area contributed by atoms with E-state index in [-0.39, 0.29) is 5.41 Å². The molecule has 0 aliphatic rings. The number of carbonyl (C=O) groups is 1. The molecule has 3 heteroatoms. The van der Waals surface area contributed by atoms with Crippen LogP contribution < -0.4 is 0 Å². The molecule has 0 heterocycles. The molecule has 10 heavy (non-hydrogen) atoms. The number of allylic oxidation sites excluding steroid dienone is 1. The van der Waals surface area contributed by atoms with Crippen molar-refractivity contribution < 1.29 is 9.22 Å². The van der Waals surface area contributed by atoms with Gasteiger partial charge in [-0.2, -0.15) is 0 Å². The van der Waals surface area contributed by atoms with Gasteiger partial charge in [-0.15, -0.1) is 0 Å². The van der Waals surface area contributed by atoms with Crippen molar-refractivity contribution >= 4 is 13.7 Å². The lowest BCUT2D eigenvalue weighted by Gasteiger charge is -2.17. The lowest BCUT2D eigenvalue weighted by molar-refractivity contribution is -0.110. The maximum absolute atomic E-state index is 11.2. The Kier molecular flexibility index (Phi) is 2.99. The van der Waals surface area contributed by atoms with Gasteiger partial charge in [0.15, 0.2) is 5.41 Å². The van der Waals surface area contributed by atoms with Crippen LogP contribution >= 0.6 is 0 Å². The smallest absolute Gasteiger partial charge is 0.263 e. The highest BCUT2D eigenvalue weighted by atomic mass is 28.4. The minimum absolute atomic E-state index is 0.0926. The molecule has 0 aromatic rings. The summed E-state index contributed by atoms with van der Waals surface area (Å²) in [7, 11) is -0.506. The zero-order valence-electron chi connectivity index (χ0n) is 7.02. The Labute approximate surface area is 63.0 Å². The minimum Gasteiger partial charge on any atom is -0.412 e. The number of hydrogen-bond acceptors (Lipinski definition) is 2. The molecule has 0 unspecified atom stereocenters. The Bertz CT molecular complexity index is 161. The van der Waals surface area contributed by atoms with E-state index in [0.29, 0.717) is 5.57 Å². The second kappa shape index (κ2) is 3.12. The molecule has 0 saturated carbocycles. The normalized spacial score (nSPS) is 11.2. The van der Waals surface area contributed by atoms with Crippen LogP contribution in [0.2, 0.25) is 13.1 Å². The van der Waals surface area contributed by atoms with Gasteiger partial charge in [-0.05, 0) is 25.6 Å². The van der Waals surface area contributed by atoms with E-state index < -0.39 is 8.32 Å². The van der Waals surface area contributed by atoms with E-state index in [9.17, 15) is 4.79 Å². The summed E-state index contributed by atoms with van der Waals surface area (Å²) >= 11 is 0. The summed E-state index contributed by atoms with van der Waals surface area (Å²) < 4.78 is 5.09. The molecule has 0 N–H and O–H groups in total. The van der Waals surface area contributed by atoms with Crippen molar-refractivity contribution in [1.82, 2.24) is 0 Å². The van der Waals surface area contributed by atoms with Crippen molar-refractivity contribution in [3.05, 3.63) is 12.2 Å². The van der Waals surface area contributed by atoms with Crippen LogP contribution in [0.5, 0.6) is 0 Å². The molecule has 0 spiro atoms. The predicted octanol–water partition coefficient (Wildman–Crippen LogP) is 1.52. The van der Waals surface area contributed by atoms with Crippen LogP contribution in [-0.2, 0) is 9.22 Å². The number of carbonyl (C=O) groups excluding carboxylic acids is 1. The van der Waals surface area contributed by atoms with E-state index in [4.69, 9.17) is 4.43 Å². The molecule has 0 radical (unpaired) electrons. The average molecular weight is 158 g/mol. The van der Waals surface area contributed by atoms with Gasteiger partial charge in [0.05, 0.1) is 0 Å². The van der Waals surface area contributed by atoms with Gasteiger partial charge in [-0.1, -0.05) is 6.58 Å². The predicted molar refractivity (Wildman–Crippen MR) is 44.3 cm³/mol. The summed E-state index contributed by atoms with van der Waals surface area (Å²) in [5.41, 5.74) is 0.596. The molecule has 0 aromatic carbocycles. The summed E-state index contributed by atoms with van der Waals surface area (Å²) in [5, 5.41) is 0.0926. The van der Waals surface area contributed by atoms with E-state index in [2.05, 4.69) is 6.58 Å². The molecule has 0 aliphatic carbocycles. The van der Waals surface area contributed by atoms with Crippen molar-refractivity contribution in [2.24, 2.45) is 0 Å². The Morgan fingerprint density at radius 3 is 2.00 bits per heavy atom. The Hall–Kier alpha value is -0.413. The average Bonchev–Trinajstić information content (AvgIpc) is 1.86.